The zero-order valence-electron chi connectivity index (χ0n) is 27.7. The van der Waals surface area contributed by atoms with Crippen molar-refractivity contribution in [1.82, 2.24) is 0 Å². The van der Waals surface area contributed by atoms with Gasteiger partial charge in [-0.25, -0.2) is 0 Å². The van der Waals surface area contributed by atoms with Crippen LogP contribution in [-0.4, -0.2) is 92.5 Å². The second-order valence-corrected chi connectivity index (χ2v) is 17.9. The Balaban J connectivity index is 1.16. The van der Waals surface area contributed by atoms with Crippen molar-refractivity contribution in [1.29, 1.82) is 0 Å². The molecule has 2 bridgehead atoms. The Morgan fingerprint density at radius 2 is 1.64 bits per heavy atom. The van der Waals surface area contributed by atoms with E-state index < -0.39 is 41.9 Å². The highest BCUT2D eigenvalue weighted by Crippen LogP contribution is 2.90. The Morgan fingerprint density at radius 3 is 2.30 bits per heavy atom. The van der Waals surface area contributed by atoms with Crippen molar-refractivity contribution < 1.29 is 44.5 Å². The van der Waals surface area contributed by atoms with Crippen molar-refractivity contribution in [3.8, 4) is 0 Å². The van der Waals surface area contributed by atoms with Crippen LogP contribution in [0.4, 0.5) is 0 Å². The lowest BCUT2D eigenvalue weighted by molar-refractivity contribution is -0.282. The molecule has 7 fully saturated rings. The first-order chi connectivity index (χ1) is 20.4. The third-order valence-electron chi connectivity index (χ3n) is 15.5. The Kier molecular flexibility index (Phi) is 6.89. The summed E-state index contributed by atoms with van der Waals surface area (Å²) in [5.74, 6) is 0.0577. The average Bonchev–Trinajstić information content (AvgIpc) is 3.46. The molecule has 0 radical (unpaired) electrons. The molecule has 16 atom stereocenters. The van der Waals surface area contributed by atoms with Crippen LogP contribution in [0.25, 0.3) is 0 Å². The van der Waals surface area contributed by atoms with Gasteiger partial charge in [0.2, 0.25) is 0 Å². The van der Waals surface area contributed by atoms with Gasteiger partial charge in [0.1, 0.15) is 30.5 Å². The number of rotatable bonds is 7. The number of carbonyl (C=O) groups excluding carboxylic acids is 1. The highest BCUT2D eigenvalue weighted by atomic mass is 16.8. The summed E-state index contributed by atoms with van der Waals surface area (Å²) in [5, 5.41) is 53.8. The van der Waals surface area contributed by atoms with Crippen molar-refractivity contribution in [3.63, 3.8) is 0 Å². The Labute approximate surface area is 262 Å². The van der Waals surface area contributed by atoms with Crippen LogP contribution >= 0.6 is 0 Å². The topological polar surface area (TPSA) is 146 Å². The van der Waals surface area contributed by atoms with E-state index in [1.54, 1.807) is 13.8 Å². The zero-order chi connectivity index (χ0) is 32.0. The molecule has 5 aliphatic carbocycles. The molecule has 2 saturated heterocycles. The van der Waals surface area contributed by atoms with Gasteiger partial charge >= 0.3 is 0 Å². The van der Waals surface area contributed by atoms with Gasteiger partial charge in [-0.2, -0.15) is 0 Å². The van der Waals surface area contributed by atoms with Crippen molar-refractivity contribution in [2.75, 3.05) is 6.61 Å². The molecular formula is C35H56O9. The van der Waals surface area contributed by atoms with Crippen molar-refractivity contribution in [2.45, 2.75) is 154 Å². The molecule has 0 unspecified atom stereocenters. The standard InChI is InChI=1S/C35H56O9/c1-18-14-21-27(30(4,5)41)44-35(43-21)26(18)31(6)12-13-34-17-33(34)11-10-24(42-16-20(38)25(39)19(37)15-36)29(2,3)22(33)8-9-23(34)32(31,7)28(35)40/h15,18-28,37-41H,8-14,16-17H2,1-7H3/t18-,19+,20-,21-,22+,23+,24+,25-,26-,27+,28-,31-,32-,33-,34+,35+/m1/s1. The fraction of sp³-hybridized carbons (Fsp3) is 0.971. The number of fused-ring (bicyclic) bond motifs is 4. The van der Waals surface area contributed by atoms with E-state index in [9.17, 15) is 30.3 Å². The third-order valence-corrected chi connectivity index (χ3v) is 15.5. The fourth-order valence-corrected chi connectivity index (χ4v) is 13.6. The highest BCUT2D eigenvalue weighted by molar-refractivity contribution is 5.56. The third kappa shape index (κ3) is 3.62. The van der Waals surface area contributed by atoms with Crippen molar-refractivity contribution in [2.24, 2.45) is 50.7 Å². The molecule has 44 heavy (non-hydrogen) atoms. The molecule has 9 nitrogen and oxygen atoms in total. The summed E-state index contributed by atoms with van der Waals surface area (Å²) in [6, 6.07) is 0. The second kappa shape index (κ2) is 9.49. The predicted octanol–water partition coefficient (Wildman–Crippen LogP) is 2.96. The molecule has 250 valence electrons. The number of aliphatic hydroxyl groups excluding tert-OH is 4. The lowest BCUT2D eigenvalue weighted by Crippen LogP contribution is -2.60. The first-order valence-corrected chi connectivity index (χ1v) is 17.2. The predicted molar refractivity (Wildman–Crippen MR) is 160 cm³/mol. The minimum absolute atomic E-state index is 0.0588. The summed E-state index contributed by atoms with van der Waals surface area (Å²) in [6.07, 6.45) is 2.20. The van der Waals surface area contributed by atoms with Gasteiger partial charge in [-0.05, 0) is 105 Å². The van der Waals surface area contributed by atoms with Gasteiger partial charge < -0.3 is 44.5 Å². The summed E-state index contributed by atoms with van der Waals surface area (Å²) in [6.45, 7) is 15.1. The minimum Gasteiger partial charge on any atom is -0.388 e. The molecule has 7 rings (SSSR count). The highest BCUT2D eigenvalue weighted by Gasteiger charge is 2.88. The number of ether oxygens (including phenoxy) is 3. The van der Waals surface area contributed by atoms with E-state index in [1.165, 1.54) is 6.42 Å². The molecule has 9 heteroatoms. The Bertz CT molecular complexity index is 1190. The monoisotopic (exact) mass is 620 g/mol. The summed E-state index contributed by atoms with van der Waals surface area (Å²) >= 11 is 0. The van der Waals surface area contributed by atoms with Crippen LogP contribution in [0.15, 0.2) is 0 Å². The van der Waals surface area contributed by atoms with E-state index in [4.69, 9.17) is 14.2 Å². The van der Waals surface area contributed by atoms with E-state index in [2.05, 4.69) is 34.6 Å². The number of aldehydes is 1. The molecule has 0 amide bonds. The number of carbonyl (C=O) groups is 1. The molecule has 5 saturated carbocycles. The molecule has 7 aliphatic rings. The molecule has 2 heterocycles. The molecule has 0 aromatic carbocycles. The maximum atomic E-state index is 12.6. The summed E-state index contributed by atoms with van der Waals surface area (Å²) in [5.41, 5.74) is -1.44. The van der Waals surface area contributed by atoms with E-state index >= 15 is 0 Å². The number of hydrogen-bond donors (Lipinski definition) is 5. The van der Waals surface area contributed by atoms with Gasteiger partial charge in [-0.15, -0.1) is 0 Å². The van der Waals surface area contributed by atoms with Crippen molar-refractivity contribution in [3.05, 3.63) is 0 Å². The van der Waals surface area contributed by atoms with Gasteiger partial charge in [-0.3, -0.25) is 0 Å². The van der Waals surface area contributed by atoms with Gasteiger partial charge in [0.15, 0.2) is 12.1 Å². The summed E-state index contributed by atoms with van der Waals surface area (Å²) in [7, 11) is 0. The zero-order valence-corrected chi connectivity index (χ0v) is 27.7. The SMILES string of the molecule is C[C@@H]1C[C@H]2O[C@@]3(O[C@@H]2C(C)(C)O)[C@H](O)[C@@]2(C)[C@@H]4CC[C@H]5C(C)(C)[C@@H](OC[C@@H](O)[C@H](O)[C@@H](O)C=O)CC[C@@]56C[C@@]46CC[C@]2(C)[C@@H]13. The maximum Gasteiger partial charge on any atom is 0.199 e. The Hall–Kier alpha value is -0.650. The van der Waals surface area contributed by atoms with E-state index in [1.807, 2.05) is 0 Å². The molecular weight excluding hydrogens is 564 g/mol. The minimum atomic E-state index is -1.64. The quantitative estimate of drug-likeness (QED) is 0.271. The van der Waals surface area contributed by atoms with Crippen LogP contribution in [0, 0.1) is 50.7 Å². The molecule has 3 spiro atoms. The first kappa shape index (κ1) is 31.9. The molecule has 2 aliphatic heterocycles. The number of aliphatic hydroxyl groups is 5. The average molecular weight is 621 g/mol. The van der Waals surface area contributed by atoms with Gasteiger partial charge in [0, 0.05) is 11.3 Å². The molecule has 0 aromatic heterocycles. The van der Waals surface area contributed by atoms with E-state index in [-0.39, 0.29) is 58.1 Å². The lowest BCUT2D eigenvalue weighted by atomic mass is 9.41. The van der Waals surface area contributed by atoms with Crippen molar-refractivity contribution >= 4 is 6.29 Å². The summed E-state index contributed by atoms with van der Waals surface area (Å²) < 4.78 is 19.9. The van der Waals surface area contributed by atoms with E-state index in [0.717, 1.165) is 44.9 Å². The van der Waals surface area contributed by atoms with E-state index in [0.29, 0.717) is 17.8 Å². The van der Waals surface area contributed by atoms with Gasteiger partial charge in [0.05, 0.1) is 24.4 Å². The normalized spacial score (nSPS) is 55.5. The summed E-state index contributed by atoms with van der Waals surface area (Å²) in [4.78, 5) is 10.9. The smallest absolute Gasteiger partial charge is 0.199 e. The van der Waals surface area contributed by atoms with Gasteiger partial charge in [0.25, 0.3) is 0 Å². The Morgan fingerprint density at radius 1 is 0.977 bits per heavy atom. The molecule has 5 N–H and O–H groups in total. The van der Waals surface area contributed by atoms with Crippen LogP contribution in [0.5, 0.6) is 0 Å². The fourth-order valence-electron chi connectivity index (χ4n) is 13.6. The second-order valence-electron chi connectivity index (χ2n) is 17.9. The maximum absolute atomic E-state index is 12.6. The lowest BCUT2D eigenvalue weighted by Gasteiger charge is -2.63. The van der Waals surface area contributed by atoms with Gasteiger partial charge in [-0.1, -0.05) is 34.6 Å². The van der Waals surface area contributed by atoms with Crippen LogP contribution in [-0.2, 0) is 19.0 Å². The first-order valence-electron chi connectivity index (χ1n) is 17.2. The van der Waals surface area contributed by atoms with Crippen LogP contribution in [0.3, 0.4) is 0 Å². The van der Waals surface area contributed by atoms with Crippen LogP contribution in [0.1, 0.15) is 99.8 Å². The number of hydrogen-bond acceptors (Lipinski definition) is 9. The van der Waals surface area contributed by atoms with Crippen LogP contribution < -0.4 is 0 Å². The largest absolute Gasteiger partial charge is 0.388 e. The van der Waals surface area contributed by atoms with Crippen LogP contribution in [0.2, 0.25) is 0 Å². The molecule has 0 aromatic rings.